The summed E-state index contributed by atoms with van der Waals surface area (Å²) in [6.07, 6.45) is 0. The van der Waals surface area contributed by atoms with Gasteiger partial charge in [-0.25, -0.2) is 19.4 Å². The standard InChI is InChI=1S/C21H16N2O4/c1-15-7-9-16(10-8-15)20(24)26-27-21(25)17-11-13-19(14-12-17)23-22-18-5-3-2-4-6-18/h2-14H,1H3/b23-22+. The van der Waals surface area contributed by atoms with Gasteiger partial charge in [0.2, 0.25) is 0 Å². The van der Waals surface area contributed by atoms with Gasteiger partial charge in [0.1, 0.15) is 0 Å². The molecule has 0 atom stereocenters. The predicted octanol–water partition coefficient (Wildman–Crippen LogP) is 5.34. The largest absolute Gasteiger partial charge is 0.386 e. The molecule has 0 spiro atoms. The summed E-state index contributed by atoms with van der Waals surface area (Å²) in [6, 6.07) is 22.3. The van der Waals surface area contributed by atoms with E-state index in [1.807, 2.05) is 37.3 Å². The minimum atomic E-state index is -0.776. The molecule has 0 amide bonds. The Hall–Kier alpha value is -3.80. The Balaban J connectivity index is 1.56. The molecule has 0 unspecified atom stereocenters. The normalized spacial score (nSPS) is 10.6. The van der Waals surface area contributed by atoms with Crippen LogP contribution in [0.4, 0.5) is 11.4 Å². The first-order valence-electron chi connectivity index (χ1n) is 8.18. The molecule has 3 aromatic carbocycles. The van der Waals surface area contributed by atoms with Crippen LogP contribution in [0.1, 0.15) is 26.3 Å². The number of benzene rings is 3. The van der Waals surface area contributed by atoms with Crippen molar-refractivity contribution in [3.63, 3.8) is 0 Å². The van der Waals surface area contributed by atoms with E-state index in [1.165, 1.54) is 12.1 Å². The molecule has 134 valence electrons. The van der Waals surface area contributed by atoms with Crippen LogP contribution in [0.3, 0.4) is 0 Å². The fraction of sp³-hybridized carbons (Fsp3) is 0.0476. The van der Waals surface area contributed by atoms with Gasteiger partial charge in [0.25, 0.3) is 0 Å². The van der Waals surface area contributed by atoms with Gasteiger partial charge in [-0.3, -0.25) is 0 Å². The van der Waals surface area contributed by atoms with Crippen LogP contribution >= 0.6 is 0 Å². The lowest BCUT2D eigenvalue weighted by Gasteiger charge is -2.04. The van der Waals surface area contributed by atoms with Gasteiger partial charge in [0.05, 0.1) is 22.5 Å². The van der Waals surface area contributed by atoms with Crippen molar-refractivity contribution >= 4 is 23.3 Å². The second-order valence-electron chi connectivity index (χ2n) is 5.69. The van der Waals surface area contributed by atoms with Crippen LogP contribution in [0.2, 0.25) is 0 Å². The summed E-state index contributed by atoms with van der Waals surface area (Å²) in [5.41, 5.74) is 2.83. The predicted molar refractivity (Wildman–Crippen MR) is 99.1 cm³/mol. The Bertz CT molecular complexity index is 950. The van der Waals surface area contributed by atoms with E-state index < -0.39 is 11.9 Å². The molecule has 3 rings (SSSR count). The molecular formula is C21H16N2O4. The fourth-order valence-electron chi connectivity index (χ4n) is 2.14. The third kappa shape index (κ3) is 5.09. The highest BCUT2D eigenvalue weighted by molar-refractivity contribution is 5.92. The van der Waals surface area contributed by atoms with Crippen molar-refractivity contribution in [3.05, 3.63) is 95.6 Å². The van der Waals surface area contributed by atoms with Gasteiger partial charge in [0, 0.05) is 0 Å². The number of carbonyl (C=O) groups excluding carboxylic acids is 2. The highest BCUT2D eigenvalue weighted by Gasteiger charge is 2.14. The highest BCUT2D eigenvalue weighted by Crippen LogP contribution is 2.18. The van der Waals surface area contributed by atoms with Gasteiger partial charge in [-0.15, -0.1) is 0 Å². The quantitative estimate of drug-likeness (QED) is 0.357. The first-order valence-corrected chi connectivity index (χ1v) is 8.18. The molecule has 0 N–H and O–H groups in total. The topological polar surface area (TPSA) is 77.3 Å². The van der Waals surface area contributed by atoms with Crippen molar-refractivity contribution in [3.8, 4) is 0 Å². The van der Waals surface area contributed by atoms with Gasteiger partial charge >= 0.3 is 11.9 Å². The average molecular weight is 360 g/mol. The first kappa shape index (κ1) is 18.0. The smallest absolute Gasteiger partial charge is 0.242 e. The molecule has 0 saturated heterocycles. The lowest BCUT2D eigenvalue weighted by atomic mass is 10.2. The molecule has 0 aliphatic carbocycles. The molecule has 3 aromatic rings. The summed E-state index contributed by atoms with van der Waals surface area (Å²) in [5.74, 6) is -1.52. The molecule has 0 saturated carbocycles. The molecule has 0 bridgehead atoms. The SMILES string of the molecule is Cc1ccc(C(=O)OOC(=O)c2ccc(/N=N/c3ccccc3)cc2)cc1. The molecule has 0 radical (unpaired) electrons. The maximum absolute atomic E-state index is 12.0. The second kappa shape index (κ2) is 8.53. The van der Waals surface area contributed by atoms with Gasteiger partial charge in [-0.2, -0.15) is 10.2 Å². The van der Waals surface area contributed by atoms with E-state index in [1.54, 1.807) is 36.4 Å². The Morgan fingerprint density at radius 1 is 0.630 bits per heavy atom. The van der Waals surface area contributed by atoms with E-state index in [-0.39, 0.29) is 5.56 Å². The van der Waals surface area contributed by atoms with Crippen LogP contribution in [0.25, 0.3) is 0 Å². The monoisotopic (exact) mass is 360 g/mol. The molecule has 0 aromatic heterocycles. The zero-order valence-electron chi connectivity index (χ0n) is 14.5. The summed E-state index contributed by atoms with van der Waals surface area (Å²) in [5, 5.41) is 8.18. The molecule has 6 heteroatoms. The Morgan fingerprint density at radius 2 is 1.07 bits per heavy atom. The maximum atomic E-state index is 12.0. The van der Waals surface area contributed by atoms with Crippen molar-refractivity contribution in [2.75, 3.05) is 0 Å². The van der Waals surface area contributed by atoms with Gasteiger partial charge in [-0.05, 0) is 55.5 Å². The number of hydrogen-bond acceptors (Lipinski definition) is 6. The zero-order chi connectivity index (χ0) is 19.1. The van der Waals surface area contributed by atoms with Gasteiger partial charge in [-0.1, -0.05) is 35.9 Å². The van der Waals surface area contributed by atoms with Crippen molar-refractivity contribution in [1.82, 2.24) is 0 Å². The minimum Gasteiger partial charge on any atom is -0.242 e. The van der Waals surface area contributed by atoms with Crippen LogP contribution in [0.15, 0.2) is 89.1 Å². The zero-order valence-corrected chi connectivity index (χ0v) is 14.5. The van der Waals surface area contributed by atoms with E-state index in [0.29, 0.717) is 11.3 Å². The van der Waals surface area contributed by atoms with Crippen LogP contribution in [-0.2, 0) is 9.78 Å². The van der Waals surface area contributed by atoms with E-state index in [9.17, 15) is 9.59 Å². The molecule has 27 heavy (non-hydrogen) atoms. The third-order valence-corrected chi connectivity index (χ3v) is 3.62. The van der Waals surface area contributed by atoms with Gasteiger partial charge < -0.3 is 0 Å². The summed E-state index contributed by atoms with van der Waals surface area (Å²) in [6.45, 7) is 1.90. The van der Waals surface area contributed by atoms with Crippen molar-refractivity contribution in [1.29, 1.82) is 0 Å². The maximum Gasteiger partial charge on any atom is 0.386 e. The van der Waals surface area contributed by atoms with Crippen LogP contribution < -0.4 is 0 Å². The second-order valence-corrected chi connectivity index (χ2v) is 5.69. The number of aryl methyl sites for hydroxylation is 1. The lowest BCUT2D eigenvalue weighted by Crippen LogP contribution is -2.11. The number of carbonyl (C=O) groups is 2. The number of hydrogen-bond donors (Lipinski definition) is 0. The summed E-state index contributed by atoms with van der Waals surface area (Å²) >= 11 is 0. The van der Waals surface area contributed by atoms with E-state index in [2.05, 4.69) is 20.0 Å². The molecule has 0 aliphatic heterocycles. The number of azo groups is 1. The van der Waals surface area contributed by atoms with Crippen LogP contribution in [-0.4, -0.2) is 11.9 Å². The van der Waals surface area contributed by atoms with E-state index in [0.717, 1.165) is 11.3 Å². The van der Waals surface area contributed by atoms with Crippen molar-refractivity contribution in [2.24, 2.45) is 10.2 Å². The molecule has 0 fully saturated rings. The van der Waals surface area contributed by atoms with Crippen molar-refractivity contribution in [2.45, 2.75) is 6.92 Å². The summed E-state index contributed by atoms with van der Waals surface area (Å²) in [7, 11) is 0. The van der Waals surface area contributed by atoms with Gasteiger partial charge in [0.15, 0.2) is 0 Å². The van der Waals surface area contributed by atoms with E-state index in [4.69, 9.17) is 0 Å². The number of nitrogens with zero attached hydrogens (tertiary/aromatic N) is 2. The molecule has 0 aliphatic rings. The molecule has 6 nitrogen and oxygen atoms in total. The first-order chi connectivity index (χ1) is 13.1. The molecular weight excluding hydrogens is 344 g/mol. The fourth-order valence-corrected chi connectivity index (χ4v) is 2.14. The number of rotatable bonds is 4. The van der Waals surface area contributed by atoms with Crippen LogP contribution in [0.5, 0.6) is 0 Å². The Labute approximate surface area is 156 Å². The summed E-state index contributed by atoms with van der Waals surface area (Å²) < 4.78 is 0. The minimum absolute atomic E-state index is 0.227. The van der Waals surface area contributed by atoms with Crippen molar-refractivity contribution < 1.29 is 19.4 Å². The summed E-state index contributed by atoms with van der Waals surface area (Å²) in [4.78, 5) is 33.0. The Morgan fingerprint density at radius 3 is 1.59 bits per heavy atom. The molecule has 0 heterocycles. The lowest BCUT2D eigenvalue weighted by molar-refractivity contribution is -0.187. The highest BCUT2D eigenvalue weighted by atomic mass is 17.2. The van der Waals surface area contributed by atoms with Crippen LogP contribution in [0, 0.1) is 6.92 Å². The van der Waals surface area contributed by atoms with E-state index >= 15 is 0 Å². The third-order valence-electron chi connectivity index (χ3n) is 3.62. The Kier molecular flexibility index (Phi) is 5.69. The average Bonchev–Trinajstić information content (AvgIpc) is 2.72.